The average Bonchev–Trinajstić information content (AvgIpc) is 2.52. The second-order valence-electron chi connectivity index (χ2n) is 5.49. The lowest BCUT2D eigenvalue weighted by Gasteiger charge is -2.18. The molecule has 0 aliphatic rings. The Balaban J connectivity index is 2.05. The SMILES string of the molecule is Cc1ccccc1CN(C)CC(=O)Nc1c(Cl)c(Cl)cc(Cl)c1Cl. The van der Waals surface area contributed by atoms with Gasteiger partial charge in [-0.1, -0.05) is 70.7 Å². The van der Waals surface area contributed by atoms with Gasteiger partial charge in [0, 0.05) is 6.54 Å². The Labute approximate surface area is 161 Å². The molecule has 1 amide bonds. The number of hydrogen-bond donors (Lipinski definition) is 1. The quantitative estimate of drug-likeness (QED) is 0.649. The van der Waals surface area contributed by atoms with Crippen LogP contribution in [0.1, 0.15) is 11.1 Å². The summed E-state index contributed by atoms with van der Waals surface area (Å²) in [4.78, 5) is 14.2. The van der Waals surface area contributed by atoms with Crippen LogP contribution in [0.4, 0.5) is 5.69 Å². The Morgan fingerprint density at radius 3 is 2.25 bits per heavy atom. The number of likely N-dealkylation sites (N-methyl/N-ethyl adjacent to an activating group) is 1. The summed E-state index contributed by atoms with van der Waals surface area (Å²) in [6.07, 6.45) is 0. The van der Waals surface area contributed by atoms with Crippen molar-refractivity contribution in [2.75, 3.05) is 18.9 Å². The van der Waals surface area contributed by atoms with Crippen LogP contribution in [-0.4, -0.2) is 24.4 Å². The predicted octanol–water partition coefficient (Wildman–Crippen LogP) is 5.68. The lowest BCUT2D eigenvalue weighted by molar-refractivity contribution is -0.117. The van der Waals surface area contributed by atoms with E-state index in [4.69, 9.17) is 46.4 Å². The van der Waals surface area contributed by atoms with Crippen LogP contribution in [0.2, 0.25) is 20.1 Å². The third kappa shape index (κ3) is 4.78. The van der Waals surface area contributed by atoms with E-state index in [1.54, 1.807) is 0 Å². The van der Waals surface area contributed by atoms with Gasteiger partial charge in [-0.2, -0.15) is 0 Å². The fourth-order valence-corrected chi connectivity index (χ4v) is 3.15. The molecule has 0 spiro atoms. The molecule has 0 saturated heterocycles. The van der Waals surface area contributed by atoms with E-state index in [1.807, 2.05) is 43.1 Å². The van der Waals surface area contributed by atoms with Crippen molar-refractivity contribution in [3.8, 4) is 0 Å². The molecule has 0 radical (unpaired) electrons. The molecule has 7 heteroatoms. The number of nitrogens with zero attached hydrogens (tertiary/aromatic N) is 1. The van der Waals surface area contributed by atoms with Gasteiger partial charge in [-0.25, -0.2) is 0 Å². The number of aryl methyl sites for hydroxylation is 1. The maximum atomic E-state index is 12.3. The fourth-order valence-electron chi connectivity index (χ4n) is 2.24. The van der Waals surface area contributed by atoms with Gasteiger partial charge in [0.1, 0.15) is 0 Å². The van der Waals surface area contributed by atoms with Crippen molar-refractivity contribution in [3.05, 3.63) is 61.5 Å². The van der Waals surface area contributed by atoms with Gasteiger partial charge in [0.15, 0.2) is 0 Å². The molecule has 3 nitrogen and oxygen atoms in total. The highest BCUT2D eigenvalue weighted by atomic mass is 35.5. The van der Waals surface area contributed by atoms with Crippen LogP contribution in [-0.2, 0) is 11.3 Å². The highest BCUT2D eigenvalue weighted by Gasteiger charge is 2.17. The molecular weight excluding hydrogens is 390 g/mol. The van der Waals surface area contributed by atoms with Gasteiger partial charge >= 0.3 is 0 Å². The summed E-state index contributed by atoms with van der Waals surface area (Å²) in [6, 6.07) is 9.47. The number of hydrogen-bond acceptors (Lipinski definition) is 2. The van der Waals surface area contributed by atoms with Crippen molar-refractivity contribution in [2.24, 2.45) is 0 Å². The van der Waals surface area contributed by atoms with Gasteiger partial charge in [-0.15, -0.1) is 0 Å². The molecule has 0 heterocycles. The molecule has 0 unspecified atom stereocenters. The first-order chi connectivity index (χ1) is 11.3. The zero-order valence-corrected chi connectivity index (χ0v) is 16.2. The zero-order chi connectivity index (χ0) is 17.9. The van der Waals surface area contributed by atoms with Crippen molar-refractivity contribution in [2.45, 2.75) is 13.5 Å². The van der Waals surface area contributed by atoms with Crippen molar-refractivity contribution < 1.29 is 4.79 Å². The average molecular weight is 406 g/mol. The van der Waals surface area contributed by atoms with Gasteiger partial charge < -0.3 is 5.32 Å². The maximum Gasteiger partial charge on any atom is 0.238 e. The third-order valence-electron chi connectivity index (χ3n) is 3.49. The Hall–Kier alpha value is -0.970. The Bertz CT molecular complexity index is 738. The van der Waals surface area contributed by atoms with E-state index in [0.29, 0.717) is 6.54 Å². The maximum absolute atomic E-state index is 12.3. The first kappa shape index (κ1) is 19.4. The molecule has 1 N–H and O–H groups in total. The van der Waals surface area contributed by atoms with Crippen LogP contribution in [0.3, 0.4) is 0 Å². The van der Waals surface area contributed by atoms with E-state index in [0.717, 1.165) is 5.56 Å². The molecule has 24 heavy (non-hydrogen) atoms. The molecule has 0 fully saturated rings. The van der Waals surface area contributed by atoms with Crippen LogP contribution in [0, 0.1) is 6.92 Å². The predicted molar refractivity (Wildman–Crippen MR) is 103 cm³/mol. The zero-order valence-electron chi connectivity index (χ0n) is 13.2. The summed E-state index contributed by atoms with van der Waals surface area (Å²) in [5.41, 5.74) is 2.57. The van der Waals surface area contributed by atoms with Crippen molar-refractivity contribution >= 4 is 58.0 Å². The van der Waals surface area contributed by atoms with Crippen LogP contribution >= 0.6 is 46.4 Å². The summed E-state index contributed by atoms with van der Waals surface area (Å²) < 4.78 is 0. The molecule has 0 aliphatic carbocycles. The van der Waals surface area contributed by atoms with E-state index in [1.165, 1.54) is 11.6 Å². The number of rotatable bonds is 5. The molecule has 2 rings (SSSR count). The molecule has 2 aromatic rings. The van der Waals surface area contributed by atoms with E-state index in [2.05, 4.69) is 5.32 Å². The van der Waals surface area contributed by atoms with Crippen LogP contribution in [0.25, 0.3) is 0 Å². The minimum atomic E-state index is -0.256. The molecule has 0 bridgehead atoms. The number of anilines is 1. The first-order valence-electron chi connectivity index (χ1n) is 7.15. The van der Waals surface area contributed by atoms with E-state index >= 15 is 0 Å². The minimum absolute atomic E-state index is 0.168. The van der Waals surface area contributed by atoms with Gasteiger partial charge in [-0.05, 0) is 31.2 Å². The third-order valence-corrected chi connectivity index (χ3v) is 5.07. The van der Waals surface area contributed by atoms with Crippen molar-refractivity contribution in [3.63, 3.8) is 0 Å². The number of benzene rings is 2. The number of carbonyl (C=O) groups is 1. The Morgan fingerprint density at radius 1 is 1.08 bits per heavy atom. The van der Waals surface area contributed by atoms with E-state index in [9.17, 15) is 4.79 Å². The second kappa shape index (κ2) is 8.41. The summed E-state index contributed by atoms with van der Waals surface area (Å²) in [6.45, 7) is 2.86. The van der Waals surface area contributed by atoms with Crippen molar-refractivity contribution in [1.29, 1.82) is 0 Å². The first-order valence-corrected chi connectivity index (χ1v) is 8.66. The fraction of sp³-hybridized carbons (Fsp3) is 0.235. The van der Waals surface area contributed by atoms with Crippen LogP contribution in [0.15, 0.2) is 30.3 Å². The standard InChI is InChI=1S/C17H16Cl4N2O/c1-10-5-3-4-6-11(10)8-23(2)9-14(24)22-17-15(20)12(18)7-13(19)16(17)21/h3-7H,8-9H2,1-2H3,(H,22,24). The highest BCUT2D eigenvalue weighted by Crippen LogP contribution is 2.40. The summed E-state index contributed by atoms with van der Waals surface area (Å²) >= 11 is 24.1. The molecule has 128 valence electrons. The number of amides is 1. The number of nitrogens with one attached hydrogen (secondary N) is 1. The van der Waals surface area contributed by atoms with Gasteiger partial charge in [-0.3, -0.25) is 9.69 Å². The second-order valence-corrected chi connectivity index (χ2v) is 7.06. The molecule has 0 aliphatic heterocycles. The molecule has 0 atom stereocenters. The number of carbonyl (C=O) groups excluding carboxylic acids is 1. The van der Waals surface area contributed by atoms with Gasteiger partial charge in [0.25, 0.3) is 0 Å². The summed E-state index contributed by atoms with van der Waals surface area (Å²) in [5.74, 6) is -0.256. The topological polar surface area (TPSA) is 32.3 Å². The van der Waals surface area contributed by atoms with Crippen molar-refractivity contribution in [1.82, 2.24) is 4.90 Å². The molecule has 2 aromatic carbocycles. The van der Waals surface area contributed by atoms with Gasteiger partial charge in [0.2, 0.25) is 5.91 Å². The number of halogens is 4. The highest BCUT2D eigenvalue weighted by molar-refractivity contribution is 6.50. The van der Waals surface area contributed by atoms with E-state index in [-0.39, 0.29) is 38.2 Å². The molecular formula is C17H16Cl4N2O. The van der Waals surface area contributed by atoms with Crippen LogP contribution < -0.4 is 5.32 Å². The lowest BCUT2D eigenvalue weighted by atomic mass is 10.1. The summed E-state index contributed by atoms with van der Waals surface area (Å²) in [7, 11) is 1.86. The molecule has 0 aromatic heterocycles. The lowest BCUT2D eigenvalue weighted by Crippen LogP contribution is -2.30. The molecule has 0 saturated carbocycles. The summed E-state index contributed by atoms with van der Waals surface area (Å²) in [5, 5.41) is 3.48. The largest absolute Gasteiger partial charge is 0.322 e. The van der Waals surface area contributed by atoms with E-state index < -0.39 is 0 Å². The Kier molecular flexibility index (Phi) is 6.79. The monoisotopic (exact) mass is 404 g/mol. The Morgan fingerprint density at radius 2 is 1.67 bits per heavy atom. The smallest absolute Gasteiger partial charge is 0.238 e. The normalized spacial score (nSPS) is 11.0. The van der Waals surface area contributed by atoms with Crippen LogP contribution in [0.5, 0.6) is 0 Å². The van der Waals surface area contributed by atoms with Gasteiger partial charge in [0.05, 0.1) is 32.3 Å². The minimum Gasteiger partial charge on any atom is -0.322 e.